The van der Waals surface area contributed by atoms with Gasteiger partial charge in [-0.1, -0.05) is 12.1 Å². The Hall–Kier alpha value is -2.20. The first-order chi connectivity index (χ1) is 9.74. The number of benzene rings is 2. The van der Waals surface area contributed by atoms with E-state index in [1.807, 2.05) is 42.5 Å². The van der Waals surface area contributed by atoms with Gasteiger partial charge < -0.3 is 15.2 Å². The number of hydrogen-bond donors (Lipinski definition) is 1. The van der Waals surface area contributed by atoms with Crippen molar-refractivity contribution in [3.05, 3.63) is 53.4 Å². The third-order valence-corrected chi connectivity index (χ3v) is 4.09. The number of ether oxygens (including phenoxy) is 2. The van der Waals surface area contributed by atoms with Crippen LogP contribution in [0.15, 0.2) is 48.5 Å². The van der Waals surface area contributed by atoms with Crippen LogP contribution in [0.2, 0.25) is 0 Å². The third kappa shape index (κ3) is 2.70. The molecule has 0 aliphatic carbocycles. The van der Waals surface area contributed by atoms with Gasteiger partial charge in [-0.2, -0.15) is 0 Å². The summed E-state index contributed by atoms with van der Waals surface area (Å²) in [6.45, 7) is 0.548. The number of rotatable bonds is 4. The zero-order chi connectivity index (χ0) is 13.9. The molecule has 0 aliphatic heterocycles. The number of thiophene rings is 1. The van der Waals surface area contributed by atoms with E-state index >= 15 is 0 Å². The number of nitrogens with two attached hydrogens (primary N) is 1. The first-order valence-electron chi connectivity index (χ1n) is 6.29. The van der Waals surface area contributed by atoms with Crippen LogP contribution in [0, 0.1) is 0 Å². The van der Waals surface area contributed by atoms with Gasteiger partial charge in [0.15, 0.2) is 0 Å². The molecule has 102 valence electrons. The minimum absolute atomic E-state index is 0.548. The van der Waals surface area contributed by atoms with Crippen LogP contribution in [0.4, 0.5) is 5.69 Å². The SMILES string of the molecule is COc1cccc(OCc2cc3ccc(N)cc3s2)c1. The van der Waals surface area contributed by atoms with Crippen molar-refractivity contribution in [2.75, 3.05) is 12.8 Å². The predicted molar refractivity (Wildman–Crippen MR) is 83.6 cm³/mol. The molecule has 1 heterocycles. The van der Waals surface area contributed by atoms with Crippen molar-refractivity contribution >= 4 is 27.1 Å². The summed E-state index contributed by atoms with van der Waals surface area (Å²) in [4.78, 5) is 1.17. The molecule has 0 atom stereocenters. The highest BCUT2D eigenvalue weighted by Gasteiger charge is 2.04. The molecule has 0 bridgehead atoms. The standard InChI is InChI=1S/C16H15NO2S/c1-18-13-3-2-4-14(9-13)19-10-15-7-11-5-6-12(17)8-16(11)20-15/h2-9H,10,17H2,1H3. The van der Waals surface area contributed by atoms with E-state index in [1.165, 1.54) is 15.0 Å². The molecule has 0 radical (unpaired) electrons. The lowest BCUT2D eigenvalue weighted by Gasteiger charge is -2.06. The summed E-state index contributed by atoms with van der Waals surface area (Å²) in [5.41, 5.74) is 6.58. The summed E-state index contributed by atoms with van der Waals surface area (Å²) >= 11 is 1.70. The molecule has 0 fully saturated rings. The minimum Gasteiger partial charge on any atom is -0.497 e. The molecule has 0 amide bonds. The van der Waals surface area contributed by atoms with E-state index < -0.39 is 0 Å². The van der Waals surface area contributed by atoms with Crippen molar-refractivity contribution in [3.8, 4) is 11.5 Å². The smallest absolute Gasteiger partial charge is 0.123 e. The van der Waals surface area contributed by atoms with Gasteiger partial charge in [-0.05, 0) is 35.7 Å². The monoisotopic (exact) mass is 285 g/mol. The summed E-state index contributed by atoms with van der Waals surface area (Å²) in [5, 5.41) is 1.20. The van der Waals surface area contributed by atoms with Crippen LogP contribution in [0.25, 0.3) is 10.1 Å². The number of nitrogen functional groups attached to an aromatic ring is 1. The highest BCUT2D eigenvalue weighted by molar-refractivity contribution is 7.19. The summed E-state index contributed by atoms with van der Waals surface area (Å²) in [6, 6.07) is 15.7. The molecule has 0 aliphatic rings. The maximum absolute atomic E-state index is 5.79. The molecule has 3 nitrogen and oxygen atoms in total. The molecule has 2 N–H and O–H groups in total. The van der Waals surface area contributed by atoms with Crippen molar-refractivity contribution in [3.63, 3.8) is 0 Å². The molecule has 0 unspecified atom stereocenters. The van der Waals surface area contributed by atoms with Crippen molar-refractivity contribution in [1.82, 2.24) is 0 Å². The second kappa shape index (κ2) is 5.43. The molecular weight excluding hydrogens is 270 g/mol. The van der Waals surface area contributed by atoms with E-state index in [4.69, 9.17) is 15.2 Å². The summed E-state index contributed by atoms with van der Waals surface area (Å²) in [5.74, 6) is 1.60. The van der Waals surface area contributed by atoms with E-state index in [0.29, 0.717) is 6.61 Å². The fraction of sp³-hybridized carbons (Fsp3) is 0.125. The number of hydrogen-bond acceptors (Lipinski definition) is 4. The number of anilines is 1. The lowest BCUT2D eigenvalue weighted by Crippen LogP contribution is -1.93. The summed E-state index contributed by atoms with van der Waals surface area (Å²) in [7, 11) is 1.65. The molecule has 1 aromatic heterocycles. The quantitative estimate of drug-likeness (QED) is 0.735. The Morgan fingerprint density at radius 1 is 1.05 bits per heavy atom. The second-order valence-electron chi connectivity index (χ2n) is 4.48. The Kier molecular flexibility index (Phi) is 3.48. The van der Waals surface area contributed by atoms with Gasteiger partial charge in [0.2, 0.25) is 0 Å². The predicted octanol–water partition coefficient (Wildman–Crippen LogP) is 4.07. The highest BCUT2D eigenvalue weighted by atomic mass is 32.1. The molecule has 3 aromatic rings. The molecule has 0 saturated heterocycles. The van der Waals surface area contributed by atoms with E-state index in [9.17, 15) is 0 Å². The van der Waals surface area contributed by atoms with Crippen LogP contribution in [0.3, 0.4) is 0 Å². The minimum atomic E-state index is 0.548. The molecule has 3 rings (SSSR count). The molecule has 0 spiro atoms. The van der Waals surface area contributed by atoms with Gasteiger partial charge in [0.25, 0.3) is 0 Å². The third-order valence-electron chi connectivity index (χ3n) is 3.02. The van der Waals surface area contributed by atoms with Gasteiger partial charge in [-0.15, -0.1) is 11.3 Å². The lowest BCUT2D eigenvalue weighted by molar-refractivity contribution is 0.307. The van der Waals surface area contributed by atoms with Crippen molar-refractivity contribution in [1.29, 1.82) is 0 Å². The average Bonchev–Trinajstić information content (AvgIpc) is 2.87. The van der Waals surface area contributed by atoms with E-state index in [0.717, 1.165) is 17.2 Å². The molecular formula is C16H15NO2S. The maximum Gasteiger partial charge on any atom is 0.123 e. The summed E-state index contributed by atoms with van der Waals surface area (Å²) in [6.07, 6.45) is 0. The van der Waals surface area contributed by atoms with Gasteiger partial charge in [0, 0.05) is 21.3 Å². The van der Waals surface area contributed by atoms with Crippen LogP contribution < -0.4 is 15.2 Å². The fourth-order valence-electron chi connectivity index (χ4n) is 2.02. The van der Waals surface area contributed by atoms with Gasteiger partial charge >= 0.3 is 0 Å². The van der Waals surface area contributed by atoms with Crippen molar-refractivity contribution in [2.24, 2.45) is 0 Å². The molecule has 0 saturated carbocycles. The summed E-state index contributed by atoms with van der Waals surface area (Å²) < 4.78 is 12.2. The van der Waals surface area contributed by atoms with Crippen LogP contribution in [0.5, 0.6) is 11.5 Å². The Labute approximate surface area is 121 Å². The van der Waals surface area contributed by atoms with Gasteiger partial charge in [0.1, 0.15) is 18.1 Å². The molecule has 4 heteroatoms. The van der Waals surface area contributed by atoms with Crippen LogP contribution in [-0.4, -0.2) is 7.11 Å². The Morgan fingerprint density at radius 3 is 2.75 bits per heavy atom. The van der Waals surface area contributed by atoms with E-state index in [1.54, 1.807) is 18.4 Å². The number of methoxy groups -OCH3 is 1. The Morgan fingerprint density at radius 2 is 1.90 bits per heavy atom. The van der Waals surface area contributed by atoms with E-state index in [2.05, 4.69) is 6.07 Å². The van der Waals surface area contributed by atoms with Gasteiger partial charge in [0.05, 0.1) is 7.11 Å². The Bertz CT molecular complexity index is 736. The normalized spacial score (nSPS) is 10.7. The largest absolute Gasteiger partial charge is 0.497 e. The topological polar surface area (TPSA) is 44.5 Å². The zero-order valence-electron chi connectivity index (χ0n) is 11.1. The van der Waals surface area contributed by atoms with Crippen LogP contribution >= 0.6 is 11.3 Å². The highest BCUT2D eigenvalue weighted by Crippen LogP contribution is 2.28. The van der Waals surface area contributed by atoms with Crippen LogP contribution in [-0.2, 0) is 6.61 Å². The first kappa shape index (κ1) is 12.8. The van der Waals surface area contributed by atoms with E-state index in [-0.39, 0.29) is 0 Å². The second-order valence-corrected chi connectivity index (χ2v) is 5.65. The lowest BCUT2D eigenvalue weighted by atomic mass is 10.2. The fourth-order valence-corrected chi connectivity index (χ4v) is 3.05. The molecule has 20 heavy (non-hydrogen) atoms. The van der Waals surface area contributed by atoms with Crippen LogP contribution in [0.1, 0.15) is 4.88 Å². The average molecular weight is 285 g/mol. The Balaban J connectivity index is 1.76. The van der Waals surface area contributed by atoms with Crippen molar-refractivity contribution < 1.29 is 9.47 Å². The van der Waals surface area contributed by atoms with Gasteiger partial charge in [-0.25, -0.2) is 0 Å². The molecule has 2 aromatic carbocycles. The number of fused-ring (bicyclic) bond motifs is 1. The van der Waals surface area contributed by atoms with Gasteiger partial charge in [-0.3, -0.25) is 0 Å². The zero-order valence-corrected chi connectivity index (χ0v) is 11.9. The van der Waals surface area contributed by atoms with Crippen molar-refractivity contribution in [2.45, 2.75) is 6.61 Å². The first-order valence-corrected chi connectivity index (χ1v) is 7.11. The maximum atomic E-state index is 5.79.